The van der Waals surface area contributed by atoms with Gasteiger partial charge in [-0.2, -0.15) is 10.4 Å². The molecule has 1 aromatic rings. The number of ether oxygens (including phenoxy) is 1. The van der Waals surface area contributed by atoms with Gasteiger partial charge in [0.25, 0.3) is 0 Å². The van der Waals surface area contributed by atoms with Crippen molar-refractivity contribution >= 4 is 17.2 Å². The highest BCUT2D eigenvalue weighted by Gasteiger charge is 2.18. The molecule has 6 nitrogen and oxygen atoms in total. The second-order valence-corrected chi connectivity index (χ2v) is 4.14. The van der Waals surface area contributed by atoms with Crippen molar-refractivity contribution < 1.29 is 9.13 Å². The van der Waals surface area contributed by atoms with Crippen molar-refractivity contribution in [3.05, 3.63) is 30.1 Å². The third kappa shape index (κ3) is 3.52. The van der Waals surface area contributed by atoms with Gasteiger partial charge in [-0.05, 0) is 24.3 Å². The van der Waals surface area contributed by atoms with E-state index in [4.69, 9.17) is 15.4 Å². The molecule has 1 aliphatic rings. The van der Waals surface area contributed by atoms with E-state index in [1.807, 2.05) is 6.07 Å². The molecule has 0 bridgehead atoms. The van der Waals surface area contributed by atoms with Crippen LogP contribution in [-0.4, -0.2) is 42.8 Å². The van der Waals surface area contributed by atoms with Crippen molar-refractivity contribution in [2.75, 3.05) is 31.7 Å². The zero-order valence-electron chi connectivity index (χ0n) is 10.8. The average molecular weight is 275 g/mol. The smallest absolute Gasteiger partial charge is 0.202 e. The van der Waals surface area contributed by atoms with Gasteiger partial charge in [0.05, 0.1) is 18.9 Å². The van der Waals surface area contributed by atoms with Crippen LogP contribution < -0.4 is 5.43 Å². The lowest BCUT2D eigenvalue weighted by molar-refractivity contribution is 0.0686. The molecule has 1 aromatic carbocycles. The number of amidine groups is 1. The van der Waals surface area contributed by atoms with Gasteiger partial charge in [0, 0.05) is 13.1 Å². The van der Waals surface area contributed by atoms with Crippen LogP contribution in [0.2, 0.25) is 0 Å². The maximum Gasteiger partial charge on any atom is 0.202 e. The van der Waals surface area contributed by atoms with E-state index in [1.165, 1.54) is 24.3 Å². The molecule has 1 fully saturated rings. The van der Waals surface area contributed by atoms with Gasteiger partial charge in [0.2, 0.25) is 5.71 Å². The maximum atomic E-state index is 12.8. The van der Waals surface area contributed by atoms with Crippen LogP contribution in [0, 0.1) is 22.6 Å². The summed E-state index contributed by atoms with van der Waals surface area (Å²) in [5.74, 6) is -0.286. The quantitative estimate of drug-likeness (QED) is 0.496. The molecule has 0 spiro atoms. The Morgan fingerprint density at radius 1 is 1.35 bits per heavy atom. The highest BCUT2D eigenvalue weighted by molar-refractivity contribution is 6.46. The highest BCUT2D eigenvalue weighted by atomic mass is 19.1. The average Bonchev–Trinajstić information content (AvgIpc) is 2.50. The van der Waals surface area contributed by atoms with Gasteiger partial charge in [-0.1, -0.05) is 0 Å². The molecule has 1 aliphatic heterocycles. The van der Waals surface area contributed by atoms with Crippen molar-refractivity contribution in [1.82, 2.24) is 4.90 Å². The second-order valence-electron chi connectivity index (χ2n) is 4.14. The summed E-state index contributed by atoms with van der Waals surface area (Å²) in [6.45, 7) is 2.20. The van der Waals surface area contributed by atoms with E-state index in [2.05, 4.69) is 10.5 Å². The monoisotopic (exact) mass is 275 g/mol. The molecule has 0 atom stereocenters. The molecule has 2 rings (SSSR count). The molecule has 2 N–H and O–H groups in total. The van der Waals surface area contributed by atoms with Gasteiger partial charge in [-0.3, -0.25) is 10.8 Å². The minimum Gasteiger partial charge on any atom is -0.378 e. The standard InChI is InChI=1S/C13H14FN5O/c14-10-1-3-11(4-2-10)17-18-12(9-15)13(16)19-5-7-20-8-6-19/h1-4,16-17H,5-8H2/b16-13?,18-12+. The van der Waals surface area contributed by atoms with Gasteiger partial charge in [-0.15, -0.1) is 0 Å². The summed E-state index contributed by atoms with van der Waals surface area (Å²) in [6, 6.07) is 7.48. The van der Waals surface area contributed by atoms with E-state index >= 15 is 0 Å². The molecule has 20 heavy (non-hydrogen) atoms. The fraction of sp³-hybridized carbons (Fsp3) is 0.308. The molecule has 0 aromatic heterocycles. The molecule has 0 unspecified atom stereocenters. The first kappa shape index (κ1) is 14.0. The van der Waals surface area contributed by atoms with Gasteiger partial charge >= 0.3 is 0 Å². The van der Waals surface area contributed by atoms with Crippen LogP contribution in [-0.2, 0) is 4.74 Å². The Labute approximate surface area is 116 Å². The summed E-state index contributed by atoms with van der Waals surface area (Å²) < 4.78 is 17.9. The zero-order chi connectivity index (χ0) is 14.4. The minimum absolute atomic E-state index is 0.0174. The largest absolute Gasteiger partial charge is 0.378 e. The first-order chi connectivity index (χ1) is 9.70. The van der Waals surface area contributed by atoms with E-state index in [0.717, 1.165) is 0 Å². The van der Waals surface area contributed by atoms with Crippen LogP contribution in [0.3, 0.4) is 0 Å². The van der Waals surface area contributed by atoms with Gasteiger partial charge < -0.3 is 9.64 Å². The van der Waals surface area contributed by atoms with E-state index < -0.39 is 0 Å². The number of anilines is 1. The molecule has 104 valence electrons. The number of halogens is 1. The van der Waals surface area contributed by atoms with Crippen molar-refractivity contribution in [3.63, 3.8) is 0 Å². The van der Waals surface area contributed by atoms with Crippen molar-refractivity contribution in [1.29, 1.82) is 10.7 Å². The number of benzene rings is 1. The maximum absolute atomic E-state index is 12.8. The fourth-order valence-corrected chi connectivity index (χ4v) is 1.71. The number of morpholine rings is 1. The molecule has 0 aliphatic carbocycles. The predicted molar refractivity (Wildman–Crippen MR) is 73.2 cm³/mol. The molecule has 0 saturated carbocycles. The second kappa shape index (κ2) is 6.63. The topological polar surface area (TPSA) is 84.5 Å². The first-order valence-corrected chi connectivity index (χ1v) is 6.11. The number of nitriles is 1. The van der Waals surface area contributed by atoms with Crippen molar-refractivity contribution in [3.8, 4) is 6.07 Å². The number of hydrogen-bond acceptors (Lipinski definition) is 5. The Morgan fingerprint density at radius 2 is 2.00 bits per heavy atom. The summed E-state index contributed by atoms with van der Waals surface area (Å²) in [4.78, 5) is 1.73. The van der Waals surface area contributed by atoms with Gasteiger partial charge in [0.1, 0.15) is 11.9 Å². The Kier molecular flexibility index (Phi) is 4.63. The third-order valence-electron chi connectivity index (χ3n) is 2.80. The highest BCUT2D eigenvalue weighted by Crippen LogP contribution is 2.08. The summed E-state index contributed by atoms with van der Waals surface area (Å²) in [7, 11) is 0. The minimum atomic E-state index is -0.346. The summed E-state index contributed by atoms with van der Waals surface area (Å²) in [5.41, 5.74) is 3.18. The molecule has 0 amide bonds. The SMILES string of the molecule is N#C/C(=N\Nc1ccc(F)cc1)C(=N)N1CCOCC1. The van der Waals surface area contributed by atoms with Crippen LogP contribution in [0.25, 0.3) is 0 Å². The number of nitrogens with one attached hydrogen (secondary N) is 2. The van der Waals surface area contributed by atoms with Gasteiger partial charge in [-0.25, -0.2) is 4.39 Å². The third-order valence-corrected chi connectivity index (χ3v) is 2.80. The van der Waals surface area contributed by atoms with E-state index in [-0.39, 0.29) is 17.4 Å². The fourth-order valence-electron chi connectivity index (χ4n) is 1.71. The molecule has 0 radical (unpaired) electrons. The predicted octanol–water partition coefficient (Wildman–Crippen LogP) is 1.43. The lowest BCUT2D eigenvalue weighted by atomic mass is 10.3. The Balaban J connectivity index is 2.03. The van der Waals surface area contributed by atoms with Crippen molar-refractivity contribution in [2.45, 2.75) is 0 Å². The normalized spacial score (nSPS) is 15.6. The molecule has 1 saturated heterocycles. The Bertz CT molecular complexity index is 543. The molecule has 1 heterocycles. The summed E-state index contributed by atoms with van der Waals surface area (Å²) >= 11 is 0. The Morgan fingerprint density at radius 3 is 2.60 bits per heavy atom. The van der Waals surface area contributed by atoms with Crippen LogP contribution in [0.1, 0.15) is 0 Å². The molecular formula is C13H14FN5O. The van der Waals surface area contributed by atoms with E-state index in [1.54, 1.807) is 4.90 Å². The van der Waals surface area contributed by atoms with Crippen LogP contribution in [0.15, 0.2) is 29.4 Å². The van der Waals surface area contributed by atoms with Crippen LogP contribution in [0.4, 0.5) is 10.1 Å². The lowest BCUT2D eigenvalue weighted by Crippen LogP contribution is -2.43. The van der Waals surface area contributed by atoms with E-state index in [0.29, 0.717) is 32.0 Å². The van der Waals surface area contributed by atoms with Crippen LogP contribution >= 0.6 is 0 Å². The zero-order valence-corrected chi connectivity index (χ0v) is 10.8. The first-order valence-electron chi connectivity index (χ1n) is 6.11. The number of rotatable bonds is 3. The summed E-state index contributed by atoms with van der Waals surface area (Å²) in [6.07, 6.45) is 0. The molecular weight excluding hydrogens is 261 g/mol. The van der Waals surface area contributed by atoms with E-state index in [9.17, 15) is 4.39 Å². The van der Waals surface area contributed by atoms with Gasteiger partial charge in [0.15, 0.2) is 5.84 Å². The molecule has 7 heteroatoms. The number of nitrogens with zero attached hydrogens (tertiary/aromatic N) is 3. The number of hydrogen-bond donors (Lipinski definition) is 2. The van der Waals surface area contributed by atoms with Crippen LogP contribution in [0.5, 0.6) is 0 Å². The Hall–Kier alpha value is -2.46. The summed E-state index contributed by atoms with van der Waals surface area (Å²) in [5, 5.41) is 20.9. The lowest BCUT2D eigenvalue weighted by Gasteiger charge is -2.28. The number of hydrazone groups is 1. The van der Waals surface area contributed by atoms with Crippen molar-refractivity contribution in [2.24, 2.45) is 5.10 Å².